The highest BCUT2D eigenvalue weighted by molar-refractivity contribution is 7.47. The van der Waals surface area contributed by atoms with Crippen LogP contribution >= 0.6 is 15.6 Å². The third-order valence-corrected chi connectivity index (χ3v) is 22.0. The van der Waals surface area contributed by atoms with E-state index in [0.717, 1.165) is 108 Å². The van der Waals surface area contributed by atoms with Crippen molar-refractivity contribution in [1.82, 2.24) is 0 Å². The fourth-order valence-corrected chi connectivity index (χ4v) is 14.4. The Morgan fingerprint density at radius 3 is 0.745 bits per heavy atom. The van der Waals surface area contributed by atoms with Crippen LogP contribution in [0.1, 0.15) is 434 Å². The predicted octanol–water partition coefficient (Wildman–Crippen LogP) is 24.9. The lowest BCUT2D eigenvalue weighted by Gasteiger charge is -2.21. The number of esters is 4. The molecule has 17 nitrogen and oxygen atoms in total. The second-order valence-electron chi connectivity index (χ2n) is 30.8. The Hall–Kier alpha value is -1.94. The second kappa shape index (κ2) is 73.2. The number of phosphoric acid groups is 2. The maximum Gasteiger partial charge on any atom is 0.472 e. The number of aliphatic hydroxyl groups is 1. The highest BCUT2D eigenvalue weighted by Gasteiger charge is 2.30. The number of carbonyl (C=O) groups is 4. The van der Waals surface area contributed by atoms with Crippen molar-refractivity contribution >= 4 is 39.5 Å². The van der Waals surface area contributed by atoms with Crippen molar-refractivity contribution < 1.29 is 80.2 Å². The van der Waals surface area contributed by atoms with Crippen LogP contribution < -0.4 is 0 Å². The van der Waals surface area contributed by atoms with Crippen LogP contribution in [0.25, 0.3) is 0 Å². The Labute approximate surface area is 626 Å². The van der Waals surface area contributed by atoms with E-state index in [1.807, 2.05) is 0 Å². The quantitative estimate of drug-likeness (QED) is 0.0222. The SMILES string of the molecule is CCCCCCCCCCCCCCCCCCC(=O)OC[C@H](COP(=O)(O)OC[C@@H](O)COP(=O)(O)OC[C@@H](COC(=O)CCCCCCCCCC(C)C)OC(=O)CCCCCCCCCCCCC(C)CC)OC(=O)CCCCCCCCCCCCCCCCCCCCC(C)CC. The van der Waals surface area contributed by atoms with Crippen molar-refractivity contribution in [3.8, 4) is 0 Å². The van der Waals surface area contributed by atoms with Crippen molar-refractivity contribution in [2.45, 2.75) is 452 Å². The summed E-state index contributed by atoms with van der Waals surface area (Å²) >= 11 is 0. The first-order valence-corrected chi connectivity index (χ1v) is 45.9. The largest absolute Gasteiger partial charge is 0.472 e. The molecule has 0 saturated heterocycles. The highest BCUT2D eigenvalue weighted by Crippen LogP contribution is 2.45. The first-order chi connectivity index (χ1) is 49.3. The summed E-state index contributed by atoms with van der Waals surface area (Å²) in [5.74, 6) is 0.269. The van der Waals surface area contributed by atoms with E-state index in [1.165, 1.54) is 238 Å². The summed E-state index contributed by atoms with van der Waals surface area (Å²) in [6, 6.07) is 0. The molecule has 0 fully saturated rings. The van der Waals surface area contributed by atoms with Gasteiger partial charge in [0.2, 0.25) is 0 Å². The lowest BCUT2D eigenvalue weighted by atomic mass is 9.99. The number of phosphoric ester groups is 2. The van der Waals surface area contributed by atoms with Gasteiger partial charge in [0.15, 0.2) is 12.2 Å². The number of rotatable bonds is 81. The maximum atomic E-state index is 13.1. The van der Waals surface area contributed by atoms with E-state index >= 15 is 0 Å². The summed E-state index contributed by atoms with van der Waals surface area (Å²) in [4.78, 5) is 73.1. The Morgan fingerprint density at radius 2 is 0.500 bits per heavy atom. The standard InChI is InChI=1S/C83H162O17P2/c1-8-11-12-13-14-15-16-17-18-24-27-30-36-43-50-57-64-80(85)93-70-78(99-82(87)66-59-52-44-37-31-28-25-22-20-19-21-23-26-29-34-41-48-55-62-75(6)9-2)72-97-101(89,90)95-68-77(84)69-96-102(91,92)98-73-79(71-94-81(86)65-58-51-46-39-40-47-54-61-74(4)5)100-83(88)67-60-53-45-38-33-32-35-42-49-56-63-76(7)10-3/h74-79,84H,8-73H2,1-7H3,(H,89,90)(H,91,92)/t75?,76?,77-,78-,79-/m1/s1. The Kier molecular flexibility index (Phi) is 71.8. The third-order valence-electron chi connectivity index (χ3n) is 20.1. The maximum absolute atomic E-state index is 13.1. The van der Waals surface area contributed by atoms with Crippen LogP contribution in [-0.4, -0.2) is 96.7 Å². The topological polar surface area (TPSA) is 237 Å². The third kappa shape index (κ3) is 73.6. The molecule has 0 amide bonds. The van der Waals surface area contributed by atoms with E-state index in [0.29, 0.717) is 31.6 Å². The molecule has 4 unspecified atom stereocenters. The van der Waals surface area contributed by atoms with E-state index in [9.17, 15) is 43.2 Å². The van der Waals surface area contributed by atoms with Crippen LogP contribution in [0.15, 0.2) is 0 Å². The molecule has 0 aromatic rings. The van der Waals surface area contributed by atoms with Gasteiger partial charge in [-0.15, -0.1) is 0 Å². The molecule has 19 heteroatoms. The van der Waals surface area contributed by atoms with Gasteiger partial charge in [0, 0.05) is 25.7 Å². The van der Waals surface area contributed by atoms with Gasteiger partial charge >= 0.3 is 39.5 Å². The zero-order valence-corrected chi connectivity index (χ0v) is 68.9. The summed E-state index contributed by atoms with van der Waals surface area (Å²) in [5.41, 5.74) is 0. The van der Waals surface area contributed by atoms with Gasteiger partial charge in [-0.2, -0.15) is 0 Å². The number of hydrogen-bond donors (Lipinski definition) is 3. The van der Waals surface area contributed by atoms with Gasteiger partial charge in [-0.05, 0) is 43.4 Å². The van der Waals surface area contributed by atoms with E-state index in [2.05, 4.69) is 48.5 Å². The van der Waals surface area contributed by atoms with Crippen molar-refractivity contribution in [2.24, 2.45) is 17.8 Å². The normalized spacial score (nSPS) is 14.5. The van der Waals surface area contributed by atoms with Gasteiger partial charge in [0.05, 0.1) is 26.4 Å². The molecule has 102 heavy (non-hydrogen) atoms. The van der Waals surface area contributed by atoms with Gasteiger partial charge in [0.1, 0.15) is 19.3 Å². The number of carbonyl (C=O) groups excluding carboxylic acids is 4. The summed E-state index contributed by atoms with van der Waals surface area (Å²) in [5, 5.41) is 10.7. The monoisotopic (exact) mass is 1490 g/mol. The first-order valence-electron chi connectivity index (χ1n) is 42.9. The summed E-state index contributed by atoms with van der Waals surface area (Å²) in [6.45, 7) is 12.0. The molecule has 7 atom stereocenters. The minimum absolute atomic E-state index is 0.106. The van der Waals surface area contributed by atoms with E-state index in [1.54, 1.807) is 0 Å². The molecule has 0 aromatic carbocycles. The van der Waals surface area contributed by atoms with E-state index in [4.69, 9.17) is 37.0 Å². The summed E-state index contributed by atoms with van der Waals surface area (Å²) in [7, 11) is -9.92. The van der Waals surface area contributed by atoms with Gasteiger partial charge < -0.3 is 33.8 Å². The van der Waals surface area contributed by atoms with Crippen LogP contribution in [0.4, 0.5) is 0 Å². The van der Waals surface area contributed by atoms with Gasteiger partial charge in [-0.1, -0.05) is 382 Å². The zero-order valence-electron chi connectivity index (χ0n) is 67.1. The van der Waals surface area contributed by atoms with Crippen LogP contribution in [-0.2, 0) is 65.4 Å². The van der Waals surface area contributed by atoms with Gasteiger partial charge in [-0.25, -0.2) is 9.13 Å². The molecule has 0 heterocycles. The Balaban J connectivity index is 5.22. The molecular weight excluding hydrogens is 1330 g/mol. The fraction of sp³-hybridized carbons (Fsp3) is 0.952. The molecule has 0 aliphatic carbocycles. The number of aliphatic hydroxyl groups excluding tert-OH is 1. The van der Waals surface area contributed by atoms with Crippen LogP contribution in [0, 0.1) is 17.8 Å². The molecule has 3 N–H and O–H groups in total. The lowest BCUT2D eigenvalue weighted by molar-refractivity contribution is -0.161. The highest BCUT2D eigenvalue weighted by atomic mass is 31.2. The first kappa shape index (κ1) is 100. The number of ether oxygens (including phenoxy) is 4. The van der Waals surface area contributed by atoms with Gasteiger partial charge in [-0.3, -0.25) is 37.3 Å². The Morgan fingerprint density at radius 1 is 0.284 bits per heavy atom. The van der Waals surface area contributed by atoms with Gasteiger partial charge in [0.25, 0.3) is 0 Å². The van der Waals surface area contributed by atoms with Crippen LogP contribution in [0.3, 0.4) is 0 Å². The van der Waals surface area contributed by atoms with E-state index in [-0.39, 0.29) is 25.7 Å². The average Bonchev–Trinajstić information content (AvgIpc) is 0.968. The second-order valence-corrected chi connectivity index (χ2v) is 33.7. The Bertz CT molecular complexity index is 1980. The van der Waals surface area contributed by atoms with Crippen LogP contribution in [0.2, 0.25) is 0 Å². The van der Waals surface area contributed by atoms with E-state index < -0.39 is 97.5 Å². The minimum atomic E-state index is -4.96. The predicted molar refractivity (Wildman–Crippen MR) is 418 cm³/mol. The molecule has 0 aliphatic rings. The summed E-state index contributed by atoms with van der Waals surface area (Å²) in [6.07, 6.45) is 62.5. The number of hydrogen-bond acceptors (Lipinski definition) is 15. The average molecular weight is 1490 g/mol. The molecule has 0 saturated carbocycles. The molecule has 0 aliphatic heterocycles. The number of unbranched alkanes of at least 4 members (excludes halogenated alkanes) is 47. The van der Waals surface area contributed by atoms with Crippen molar-refractivity contribution in [3.05, 3.63) is 0 Å². The molecule has 0 spiro atoms. The van der Waals surface area contributed by atoms with Crippen LogP contribution in [0.5, 0.6) is 0 Å². The zero-order chi connectivity index (χ0) is 75.1. The molecule has 0 aromatic heterocycles. The molecule has 606 valence electrons. The minimum Gasteiger partial charge on any atom is -0.462 e. The molecule has 0 rings (SSSR count). The van der Waals surface area contributed by atoms with Crippen molar-refractivity contribution in [2.75, 3.05) is 39.6 Å². The van der Waals surface area contributed by atoms with Crippen molar-refractivity contribution in [3.63, 3.8) is 0 Å². The molecule has 0 radical (unpaired) electrons. The lowest BCUT2D eigenvalue weighted by Crippen LogP contribution is -2.30. The fourth-order valence-electron chi connectivity index (χ4n) is 12.8. The smallest absolute Gasteiger partial charge is 0.462 e. The summed E-state index contributed by atoms with van der Waals surface area (Å²) < 4.78 is 68.8. The van der Waals surface area contributed by atoms with Crippen molar-refractivity contribution in [1.29, 1.82) is 0 Å². The molecular formula is C83H162O17P2. The molecule has 0 bridgehead atoms.